The van der Waals surface area contributed by atoms with Gasteiger partial charge in [-0.1, -0.05) is 318 Å². The molecule has 0 aromatic heterocycles. The number of phosphoric acid groups is 2. The molecule has 19 heteroatoms. The first kappa shape index (κ1) is 89.1. The van der Waals surface area contributed by atoms with Crippen molar-refractivity contribution in [2.75, 3.05) is 39.6 Å². The van der Waals surface area contributed by atoms with E-state index < -0.39 is 97.5 Å². The number of ether oxygens (including phenoxy) is 4. The standard InChI is InChI=1S/C72H140O17P2/c1-7-10-12-14-16-18-27-32-36-43-49-55-70(75)83-60-67(88-71(76)56-50-44-37-33-29-26-24-22-20-19-21-23-25-28-31-34-40-46-52-64(4)5)62-86-90(78,79)84-58-66(73)59-85-91(80,81)87-63-68(61-82-69(74)54-48-42-35-30-17-15-13-11-8-2)89-72(77)57-51-45-39-38-41-47-53-65(6)9-3/h64-68,73H,7-63H2,1-6H3,(H,78,79)(H,80,81)/t65?,66-,67-,68-/m1/s1. The summed E-state index contributed by atoms with van der Waals surface area (Å²) in [6, 6.07) is 0. The van der Waals surface area contributed by atoms with Crippen LogP contribution in [-0.2, 0) is 65.4 Å². The van der Waals surface area contributed by atoms with Gasteiger partial charge in [0, 0.05) is 25.7 Å². The van der Waals surface area contributed by atoms with Gasteiger partial charge in [0.1, 0.15) is 19.3 Å². The molecule has 0 amide bonds. The maximum Gasteiger partial charge on any atom is 0.472 e. The summed E-state index contributed by atoms with van der Waals surface area (Å²) in [5.74, 6) is -0.585. The number of aliphatic hydroxyl groups is 1. The number of aliphatic hydroxyl groups excluding tert-OH is 1. The van der Waals surface area contributed by atoms with Crippen LogP contribution in [0.3, 0.4) is 0 Å². The lowest BCUT2D eigenvalue weighted by Crippen LogP contribution is -2.30. The lowest BCUT2D eigenvalue weighted by atomic mass is 10.00. The van der Waals surface area contributed by atoms with Crippen molar-refractivity contribution in [3.05, 3.63) is 0 Å². The van der Waals surface area contributed by atoms with Crippen LogP contribution in [0.1, 0.15) is 369 Å². The van der Waals surface area contributed by atoms with Crippen molar-refractivity contribution < 1.29 is 80.2 Å². The van der Waals surface area contributed by atoms with Crippen molar-refractivity contribution in [2.24, 2.45) is 11.8 Å². The van der Waals surface area contributed by atoms with Crippen molar-refractivity contribution in [3.8, 4) is 0 Å². The van der Waals surface area contributed by atoms with Gasteiger partial charge in [0.05, 0.1) is 26.4 Å². The highest BCUT2D eigenvalue weighted by Gasteiger charge is 2.30. The Labute approximate surface area is 556 Å². The third kappa shape index (κ3) is 65.1. The number of hydrogen-bond donors (Lipinski definition) is 3. The molecule has 540 valence electrons. The molecule has 3 N–H and O–H groups in total. The minimum absolute atomic E-state index is 0.103. The van der Waals surface area contributed by atoms with Crippen molar-refractivity contribution >= 4 is 39.5 Å². The minimum Gasteiger partial charge on any atom is -0.462 e. The molecule has 0 rings (SSSR count). The van der Waals surface area contributed by atoms with E-state index in [1.807, 2.05) is 0 Å². The third-order valence-corrected chi connectivity index (χ3v) is 19.0. The topological polar surface area (TPSA) is 237 Å². The predicted octanol–water partition coefficient (Wildman–Crippen LogP) is 20.8. The first-order chi connectivity index (χ1) is 43.9. The van der Waals surface area contributed by atoms with Gasteiger partial charge in [0.15, 0.2) is 12.2 Å². The molecule has 3 unspecified atom stereocenters. The maximum absolute atomic E-state index is 13.0. The molecular weight excluding hydrogens is 1200 g/mol. The van der Waals surface area contributed by atoms with E-state index in [-0.39, 0.29) is 25.7 Å². The minimum atomic E-state index is -4.95. The molecule has 0 bridgehead atoms. The molecule has 0 aliphatic carbocycles. The Kier molecular flexibility index (Phi) is 62.7. The molecule has 6 atom stereocenters. The Balaban J connectivity index is 5.16. The number of esters is 4. The largest absolute Gasteiger partial charge is 0.472 e. The molecule has 0 fully saturated rings. The Bertz CT molecular complexity index is 1770. The zero-order valence-electron chi connectivity index (χ0n) is 59.1. The summed E-state index contributed by atoms with van der Waals surface area (Å²) in [7, 11) is -9.90. The summed E-state index contributed by atoms with van der Waals surface area (Å²) in [4.78, 5) is 72.5. The number of rotatable bonds is 71. The van der Waals surface area contributed by atoms with E-state index in [2.05, 4.69) is 41.5 Å². The number of carbonyl (C=O) groups excluding carboxylic acids is 4. The Morgan fingerprint density at radius 2 is 0.560 bits per heavy atom. The van der Waals surface area contributed by atoms with E-state index in [0.717, 1.165) is 102 Å². The van der Waals surface area contributed by atoms with Crippen LogP contribution >= 0.6 is 15.6 Å². The summed E-state index contributed by atoms with van der Waals surface area (Å²) >= 11 is 0. The van der Waals surface area contributed by atoms with Crippen LogP contribution in [0.25, 0.3) is 0 Å². The van der Waals surface area contributed by atoms with E-state index in [1.165, 1.54) is 186 Å². The molecule has 91 heavy (non-hydrogen) atoms. The van der Waals surface area contributed by atoms with Crippen molar-refractivity contribution in [1.29, 1.82) is 0 Å². The van der Waals surface area contributed by atoms with Crippen LogP contribution in [0.15, 0.2) is 0 Å². The van der Waals surface area contributed by atoms with E-state index in [9.17, 15) is 43.2 Å². The molecule has 0 aromatic rings. The fourth-order valence-electron chi connectivity index (χ4n) is 10.9. The van der Waals surface area contributed by atoms with E-state index in [1.54, 1.807) is 0 Å². The first-order valence-electron chi connectivity index (χ1n) is 37.5. The maximum atomic E-state index is 13.0. The third-order valence-electron chi connectivity index (χ3n) is 17.1. The van der Waals surface area contributed by atoms with Gasteiger partial charge in [-0.15, -0.1) is 0 Å². The van der Waals surface area contributed by atoms with E-state index in [4.69, 9.17) is 37.0 Å². The molecule has 0 heterocycles. The highest BCUT2D eigenvalue weighted by Crippen LogP contribution is 2.45. The summed E-state index contributed by atoms with van der Waals surface area (Å²) in [6.45, 7) is 9.53. The second-order valence-corrected chi connectivity index (χ2v) is 29.6. The predicted molar refractivity (Wildman–Crippen MR) is 368 cm³/mol. The average molecular weight is 1340 g/mol. The average Bonchev–Trinajstić information content (AvgIpc) is 3.53. The van der Waals surface area contributed by atoms with Gasteiger partial charge in [-0.05, 0) is 37.5 Å². The highest BCUT2D eigenvalue weighted by atomic mass is 31.2. The number of unbranched alkanes of at least 4 members (excludes halogenated alkanes) is 40. The molecule has 0 saturated carbocycles. The number of carbonyl (C=O) groups is 4. The summed E-state index contributed by atoms with van der Waals surface area (Å²) < 4.78 is 68.3. The van der Waals surface area contributed by atoms with Crippen LogP contribution in [0, 0.1) is 11.8 Å². The van der Waals surface area contributed by atoms with Gasteiger partial charge in [0.25, 0.3) is 0 Å². The van der Waals surface area contributed by atoms with Crippen molar-refractivity contribution in [2.45, 2.75) is 387 Å². The normalized spacial score (nSPS) is 14.4. The van der Waals surface area contributed by atoms with Crippen LogP contribution in [0.4, 0.5) is 0 Å². The van der Waals surface area contributed by atoms with E-state index in [0.29, 0.717) is 25.7 Å². The molecule has 0 aliphatic heterocycles. The highest BCUT2D eigenvalue weighted by molar-refractivity contribution is 7.47. The first-order valence-corrected chi connectivity index (χ1v) is 40.5. The van der Waals surface area contributed by atoms with Crippen molar-refractivity contribution in [3.63, 3.8) is 0 Å². The zero-order chi connectivity index (χ0) is 67.2. The fraction of sp³-hybridized carbons (Fsp3) is 0.944. The lowest BCUT2D eigenvalue weighted by Gasteiger charge is -2.21. The smallest absolute Gasteiger partial charge is 0.462 e. The molecule has 17 nitrogen and oxygen atoms in total. The SMILES string of the molecule is CCCCCCCCCCCCCC(=O)OC[C@H](COP(=O)(O)OC[C@@H](O)COP(=O)(O)OC[C@@H](COC(=O)CCCCCCCCCCC)OC(=O)CCCCCCCCC(C)CC)OC(=O)CCCCCCCCCCCCCCCCCCCCC(C)C. The quantitative estimate of drug-likeness (QED) is 0.0222. The lowest BCUT2D eigenvalue weighted by molar-refractivity contribution is -0.161. The zero-order valence-corrected chi connectivity index (χ0v) is 60.9. The van der Waals surface area contributed by atoms with Gasteiger partial charge in [-0.25, -0.2) is 9.13 Å². The molecule has 0 radical (unpaired) electrons. The van der Waals surface area contributed by atoms with Gasteiger partial charge in [-0.3, -0.25) is 37.3 Å². The molecular formula is C72H140O17P2. The molecule has 0 aromatic carbocycles. The van der Waals surface area contributed by atoms with Crippen molar-refractivity contribution in [1.82, 2.24) is 0 Å². The monoisotopic (exact) mass is 1340 g/mol. The van der Waals surface area contributed by atoms with Crippen LogP contribution < -0.4 is 0 Å². The number of phosphoric ester groups is 2. The van der Waals surface area contributed by atoms with Gasteiger partial charge in [0.2, 0.25) is 0 Å². The van der Waals surface area contributed by atoms with Crippen LogP contribution in [-0.4, -0.2) is 96.7 Å². The van der Waals surface area contributed by atoms with E-state index >= 15 is 0 Å². The van der Waals surface area contributed by atoms with Crippen LogP contribution in [0.5, 0.6) is 0 Å². The fourth-order valence-corrected chi connectivity index (χ4v) is 12.5. The number of hydrogen-bond acceptors (Lipinski definition) is 15. The molecule has 0 saturated heterocycles. The van der Waals surface area contributed by atoms with Gasteiger partial charge < -0.3 is 33.8 Å². The van der Waals surface area contributed by atoms with Crippen LogP contribution in [0.2, 0.25) is 0 Å². The van der Waals surface area contributed by atoms with Gasteiger partial charge in [-0.2, -0.15) is 0 Å². The Hall–Kier alpha value is -1.94. The van der Waals surface area contributed by atoms with Gasteiger partial charge >= 0.3 is 39.5 Å². The molecule has 0 spiro atoms. The summed E-state index contributed by atoms with van der Waals surface area (Å²) in [5.41, 5.74) is 0. The second-order valence-electron chi connectivity index (χ2n) is 26.7. The summed E-state index contributed by atoms with van der Waals surface area (Å²) in [5, 5.41) is 10.6. The Morgan fingerprint density at radius 3 is 0.835 bits per heavy atom. The molecule has 0 aliphatic rings. The summed E-state index contributed by atoms with van der Waals surface area (Å²) in [6.07, 6.45) is 50.1. The Morgan fingerprint density at radius 1 is 0.319 bits per heavy atom. The second kappa shape index (κ2) is 64.1.